The molecule has 2 saturated heterocycles. The summed E-state index contributed by atoms with van der Waals surface area (Å²) >= 11 is 0. The molecule has 2 aliphatic rings. The highest BCUT2D eigenvalue weighted by atomic mass is 16.6. The minimum absolute atomic E-state index is 0.0124. The van der Waals surface area contributed by atoms with E-state index < -0.39 is 6.09 Å². The summed E-state index contributed by atoms with van der Waals surface area (Å²) in [6, 6.07) is 25.6. The molecule has 0 aliphatic carbocycles. The van der Waals surface area contributed by atoms with Crippen molar-refractivity contribution in [2.45, 2.75) is 45.3 Å². The van der Waals surface area contributed by atoms with Gasteiger partial charge in [0.05, 0.1) is 5.69 Å². The molecule has 2 aliphatic heterocycles. The van der Waals surface area contributed by atoms with Gasteiger partial charge in [0.25, 0.3) is 5.91 Å². The lowest BCUT2D eigenvalue weighted by Crippen LogP contribution is -2.43. The topological polar surface area (TPSA) is 108 Å². The number of ether oxygens (including phenoxy) is 1. The maximum absolute atomic E-state index is 13.3. The van der Waals surface area contributed by atoms with E-state index in [9.17, 15) is 14.4 Å². The van der Waals surface area contributed by atoms with Crippen molar-refractivity contribution in [2.24, 2.45) is 11.7 Å². The molecule has 3 amide bonds. The van der Waals surface area contributed by atoms with Crippen LogP contribution < -0.4 is 11.1 Å². The molecule has 2 heterocycles. The van der Waals surface area contributed by atoms with Gasteiger partial charge >= 0.3 is 6.09 Å². The third-order valence-electron chi connectivity index (χ3n) is 9.01. The van der Waals surface area contributed by atoms with Crippen LogP contribution in [0.1, 0.15) is 48.5 Å². The van der Waals surface area contributed by atoms with E-state index in [1.807, 2.05) is 90.7 Å². The van der Waals surface area contributed by atoms with Crippen LogP contribution in [0.25, 0.3) is 11.1 Å². The summed E-state index contributed by atoms with van der Waals surface area (Å²) in [4.78, 5) is 44.0. The summed E-state index contributed by atoms with van der Waals surface area (Å²) in [5.74, 6) is -0.170. The fourth-order valence-corrected chi connectivity index (χ4v) is 6.24. The smallest absolute Gasteiger partial charge is 0.411 e. The van der Waals surface area contributed by atoms with Crippen LogP contribution in [-0.4, -0.2) is 84.5 Å². The second-order valence-corrected chi connectivity index (χ2v) is 12.0. The van der Waals surface area contributed by atoms with Crippen LogP contribution >= 0.6 is 0 Å². The SMILES string of the molecule is CCN(CCN1CCC(OC(=O)Nc2ccccc2-c2ccccc2)CC1)C(=O)c1ccc(CN2CCC(C(N)=O)CC2)cc1. The predicted octanol–water partition coefficient (Wildman–Crippen LogP) is 5.23. The van der Waals surface area contributed by atoms with E-state index in [0.29, 0.717) is 18.7 Å². The van der Waals surface area contributed by atoms with Gasteiger partial charge in [0.1, 0.15) is 6.10 Å². The van der Waals surface area contributed by atoms with Crippen molar-refractivity contribution in [3.8, 4) is 11.1 Å². The Hall–Kier alpha value is -4.21. The Labute approximate surface area is 266 Å². The van der Waals surface area contributed by atoms with Crippen molar-refractivity contribution in [3.05, 3.63) is 90.0 Å². The fourth-order valence-electron chi connectivity index (χ4n) is 6.24. The third-order valence-corrected chi connectivity index (χ3v) is 9.01. The van der Waals surface area contributed by atoms with Gasteiger partial charge in [-0.1, -0.05) is 60.7 Å². The number of carbonyl (C=O) groups excluding carboxylic acids is 3. The van der Waals surface area contributed by atoms with Crippen molar-refractivity contribution in [2.75, 3.05) is 51.1 Å². The van der Waals surface area contributed by atoms with Crippen LogP contribution in [0.4, 0.5) is 10.5 Å². The summed E-state index contributed by atoms with van der Waals surface area (Å²) in [5.41, 5.74) is 10.0. The molecule has 0 radical (unpaired) electrons. The Bertz CT molecular complexity index is 1410. The minimum Gasteiger partial charge on any atom is -0.446 e. The molecule has 9 heteroatoms. The molecule has 0 aromatic heterocycles. The van der Waals surface area contributed by atoms with Crippen LogP contribution in [0.2, 0.25) is 0 Å². The number of piperidine rings is 2. The number of carbonyl (C=O) groups is 3. The molecule has 3 aromatic carbocycles. The number of benzene rings is 3. The molecular weight excluding hydrogens is 566 g/mol. The lowest BCUT2D eigenvalue weighted by Gasteiger charge is -2.33. The van der Waals surface area contributed by atoms with Crippen LogP contribution in [-0.2, 0) is 16.1 Å². The zero-order valence-electron chi connectivity index (χ0n) is 26.2. The number of nitrogens with two attached hydrogens (primary N) is 1. The lowest BCUT2D eigenvalue weighted by atomic mass is 9.96. The monoisotopic (exact) mass is 611 g/mol. The van der Waals surface area contributed by atoms with E-state index in [4.69, 9.17) is 10.5 Å². The Morgan fingerprint density at radius 2 is 1.49 bits per heavy atom. The van der Waals surface area contributed by atoms with Crippen LogP contribution in [0.15, 0.2) is 78.9 Å². The largest absolute Gasteiger partial charge is 0.446 e. The Morgan fingerprint density at radius 3 is 2.16 bits per heavy atom. The summed E-state index contributed by atoms with van der Waals surface area (Å²) in [7, 11) is 0. The van der Waals surface area contributed by atoms with Gasteiger partial charge in [-0.3, -0.25) is 19.8 Å². The lowest BCUT2D eigenvalue weighted by molar-refractivity contribution is -0.123. The maximum Gasteiger partial charge on any atom is 0.411 e. The van der Waals surface area contributed by atoms with Crippen molar-refractivity contribution in [1.82, 2.24) is 14.7 Å². The zero-order valence-corrected chi connectivity index (χ0v) is 26.2. The molecule has 2 fully saturated rings. The molecule has 0 unspecified atom stereocenters. The summed E-state index contributed by atoms with van der Waals surface area (Å²) < 4.78 is 5.79. The van der Waals surface area contributed by atoms with Crippen molar-refractivity contribution >= 4 is 23.6 Å². The molecule has 3 N–H and O–H groups in total. The van der Waals surface area contributed by atoms with Crippen molar-refractivity contribution < 1.29 is 19.1 Å². The van der Waals surface area contributed by atoms with Gasteiger partial charge in [-0.15, -0.1) is 0 Å². The van der Waals surface area contributed by atoms with E-state index in [0.717, 1.165) is 87.3 Å². The van der Waals surface area contributed by atoms with Gasteiger partial charge in [0.2, 0.25) is 5.91 Å². The minimum atomic E-state index is -0.432. The molecule has 9 nitrogen and oxygen atoms in total. The van der Waals surface area contributed by atoms with Gasteiger partial charge in [0, 0.05) is 56.3 Å². The van der Waals surface area contributed by atoms with E-state index in [-0.39, 0.29) is 23.8 Å². The summed E-state index contributed by atoms with van der Waals surface area (Å²) in [5, 5.41) is 2.94. The van der Waals surface area contributed by atoms with E-state index in [2.05, 4.69) is 15.1 Å². The average Bonchev–Trinajstić information content (AvgIpc) is 3.07. The molecule has 3 aromatic rings. The van der Waals surface area contributed by atoms with Gasteiger partial charge in [-0.05, 0) is 75.0 Å². The number of primary amides is 1. The number of anilines is 1. The Kier molecular flexibility index (Phi) is 11.2. The molecule has 0 saturated carbocycles. The number of hydrogen-bond acceptors (Lipinski definition) is 6. The standard InChI is InChI=1S/C36H45N5O4/c1-2-41(35(43)30-14-12-27(13-15-30)26-40-20-16-29(17-21-40)34(37)42)25-24-39-22-18-31(19-23-39)45-36(44)38-33-11-7-6-10-32(33)28-8-4-3-5-9-28/h3-15,29,31H,2,16-26H2,1H3,(H2,37,42)(H,38,44). The first-order chi connectivity index (χ1) is 21.9. The van der Waals surface area contributed by atoms with Gasteiger partial charge in [0.15, 0.2) is 0 Å². The van der Waals surface area contributed by atoms with Crippen molar-refractivity contribution in [1.29, 1.82) is 0 Å². The van der Waals surface area contributed by atoms with Crippen LogP contribution in [0.5, 0.6) is 0 Å². The third kappa shape index (κ3) is 8.93. The van der Waals surface area contributed by atoms with Crippen molar-refractivity contribution in [3.63, 3.8) is 0 Å². The molecule has 45 heavy (non-hydrogen) atoms. The molecular formula is C36H45N5O4. The highest BCUT2D eigenvalue weighted by Gasteiger charge is 2.25. The van der Waals surface area contributed by atoms with Gasteiger partial charge in [-0.2, -0.15) is 0 Å². The van der Waals surface area contributed by atoms with Crippen LogP contribution in [0.3, 0.4) is 0 Å². The fraction of sp³-hybridized carbons (Fsp3) is 0.417. The number of likely N-dealkylation sites (tertiary alicyclic amines) is 2. The summed E-state index contributed by atoms with van der Waals surface area (Å²) in [6.07, 6.45) is 2.56. The van der Waals surface area contributed by atoms with E-state index in [1.54, 1.807) is 0 Å². The molecule has 238 valence electrons. The highest BCUT2D eigenvalue weighted by molar-refractivity contribution is 5.94. The van der Waals surface area contributed by atoms with E-state index >= 15 is 0 Å². The summed E-state index contributed by atoms with van der Waals surface area (Å²) in [6.45, 7) is 8.23. The number of nitrogens with one attached hydrogen (secondary N) is 1. The second kappa shape index (κ2) is 15.7. The first kappa shape index (κ1) is 32.2. The number of likely N-dealkylation sites (N-methyl/N-ethyl adjacent to an activating group) is 1. The second-order valence-electron chi connectivity index (χ2n) is 12.0. The first-order valence-electron chi connectivity index (χ1n) is 16.1. The number of amides is 3. The number of rotatable bonds is 11. The molecule has 5 rings (SSSR count). The number of nitrogens with zero attached hydrogens (tertiary/aromatic N) is 3. The molecule has 0 bridgehead atoms. The van der Waals surface area contributed by atoms with Gasteiger partial charge in [-0.25, -0.2) is 4.79 Å². The first-order valence-corrected chi connectivity index (χ1v) is 16.1. The normalized spacial score (nSPS) is 16.6. The highest BCUT2D eigenvalue weighted by Crippen LogP contribution is 2.28. The predicted molar refractivity (Wildman–Crippen MR) is 177 cm³/mol. The zero-order chi connectivity index (χ0) is 31.6. The van der Waals surface area contributed by atoms with E-state index in [1.165, 1.54) is 0 Å². The average molecular weight is 612 g/mol. The Morgan fingerprint density at radius 1 is 0.844 bits per heavy atom. The maximum atomic E-state index is 13.3. The van der Waals surface area contributed by atoms with Crippen LogP contribution in [0, 0.1) is 5.92 Å². The molecule has 0 atom stereocenters. The number of hydrogen-bond donors (Lipinski definition) is 2. The van der Waals surface area contributed by atoms with Gasteiger partial charge < -0.3 is 20.3 Å². The number of para-hydroxylation sites is 1. The quantitative estimate of drug-likeness (QED) is 0.308. The molecule has 0 spiro atoms. The Balaban J connectivity index is 1.03.